The number of imide groups is 1. The maximum Gasteiger partial charge on any atom is 0.326 e. The van der Waals surface area contributed by atoms with Gasteiger partial charge in [-0.1, -0.05) is 12.1 Å². The summed E-state index contributed by atoms with van der Waals surface area (Å²) in [5.41, 5.74) is 1.30. The van der Waals surface area contributed by atoms with Gasteiger partial charge in [-0.25, -0.2) is 14.2 Å². The van der Waals surface area contributed by atoms with Crippen LogP contribution >= 0.6 is 0 Å². The Labute approximate surface area is 205 Å². The average molecular weight is 490 g/mol. The van der Waals surface area contributed by atoms with Gasteiger partial charge >= 0.3 is 6.03 Å². The van der Waals surface area contributed by atoms with Crippen LogP contribution in [0.25, 0.3) is 11.7 Å². The Morgan fingerprint density at radius 1 is 1.11 bits per heavy atom. The molecule has 2 aliphatic heterocycles. The van der Waals surface area contributed by atoms with Gasteiger partial charge in [0, 0.05) is 43.9 Å². The van der Waals surface area contributed by atoms with Gasteiger partial charge in [0.2, 0.25) is 0 Å². The number of anilines is 2. The Kier molecular flexibility index (Phi) is 5.28. The molecular formula is C24H23FN8O3. The molecule has 0 unspecified atom stereocenters. The number of hydrogen-bond acceptors (Lipinski definition) is 7. The summed E-state index contributed by atoms with van der Waals surface area (Å²) in [6.45, 7) is 1.89. The molecule has 3 fully saturated rings. The predicted octanol–water partition coefficient (Wildman–Crippen LogP) is 1.59. The summed E-state index contributed by atoms with van der Waals surface area (Å²) in [6.07, 6.45) is 5.28. The maximum atomic E-state index is 14.1. The van der Waals surface area contributed by atoms with Gasteiger partial charge in [-0.3, -0.25) is 14.9 Å². The Bertz CT molecular complexity index is 1420. The largest absolute Gasteiger partial charge is 0.367 e. The molecular weight excluding hydrogens is 467 g/mol. The number of carbonyl (C=O) groups is 3. The zero-order valence-electron chi connectivity index (χ0n) is 19.2. The van der Waals surface area contributed by atoms with Gasteiger partial charge in [-0.05, 0) is 31.1 Å². The number of hydrogen-bond donors (Lipinski definition) is 3. The Morgan fingerprint density at radius 2 is 1.89 bits per heavy atom. The van der Waals surface area contributed by atoms with E-state index in [1.165, 1.54) is 12.1 Å². The molecule has 36 heavy (non-hydrogen) atoms. The molecule has 0 bridgehead atoms. The standard InChI is InChI=1S/C24H23FN8O3/c25-17-4-2-1-3-16(17)23(35)32-9-7-31(8-10-32)19-12-20(27-15-5-6-15)33-21(29-19)14(13-26-33)11-18-22(34)30-24(36)28-18/h1-4,11-13,15,27H,5-10H2,(H2,28,30,34,36)/b18-11-. The fraction of sp³-hybridized carbons (Fsp3) is 0.292. The van der Waals surface area contributed by atoms with Crippen molar-refractivity contribution < 1.29 is 18.8 Å². The lowest BCUT2D eigenvalue weighted by molar-refractivity contribution is -0.115. The van der Waals surface area contributed by atoms with Crippen molar-refractivity contribution in [2.45, 2.75) is 18.9 Å². The fourth-order valence-corrected chi connectivity index (χ4v) is 4.35. The topological polar surface area (TPSA) is 124 Å². The molecule has 3 N–H and O–H groups in total. The van der Waals surface area contributed by atoms with Gasteiger partial charge in [-0.15, -0.1) is 0 Å². The van der Waals surface area contributed by atoms with Crippen molar-refractivity contribution in [1.82, 2.24) is 30.1 Å². The van der Waals surface area contributed by atoms with E-state index in [9.17, 15) is 18.8 Å². The monoisotopic (exact) mass is 490 g/mol. The highest BCUT2D eigenvalue weighted by molar-refractivity contribution is 6.14. The first kappa shape index (κ1) is 22.0. The first-order chi connectivity index (χ1) is 17.5. The van der Waals surface area contributed by atoms with Gasteiger partial charge < -0.3 is 20.4 Å². The van der Waals surface area contributed by atoms with Crippen LogP contribution in [0.15, 0.2) is 42.2 Å². The summed E-state index contributed by atoms with van der Waals surface area (Å²) in [4.78, 5) is 44.8. The number of nitrogens with one attached hydrogen (secondary N) is 3. The summed E-state index contributed by atoms with van der Waals surface area (Å²) in [5.74, 6) is 0.106. The van der Waals surface area contributed by atoms with Gasteiger partial charge in [-0.2, -0.15) is 9.61 Å². The minimum Gasteiger partial charge on any atom is -0.367 e. The number of aromatic nitrogens is 3. The maximum absolute atomic E-state index is 14.1. The van der Waals surface area contributed by atoms with Crippen LogP contribution in [0.4, 0.5) is 20.8 Å². The summed E-state index contributed by atoms with van der Waals surface area (Å²) >= 11 is 0. The number of amides is 4. The van der Waals surface area contributed by atoms with Crippen LogP contribution in [0.5, 0.6) is 0 Å². The fourth-order valence-electron chi connectivity index (χ4n) is 4.35. The smallest absolute Gasteiger partial charge is 0.326 e. The van der Waals surface area contributed by atoms with Crippen molar-refractivity contribution >= 4 is 41.2 Å². The second kappa shape index (κ2) is 8.63. The quantitative estimate of drug-likeness (QED) is 0.367. The van der Waals surface area contributed by atoms with Crippen molar-refractivity contribution in [3.05, 3.63) is 59.2 Å². The highest BCUT2D eigenvalue weighted by Gasteiger charge is 2.28. The average Bonchev–Trinajstić information content (AvgIpc) is 3.51. The molecule has 12 heteroatoms. The summed E-state index contributed by atoms with van der Waals surface area (Å²) in [5, 5.41) is 12.6. The first-order valence-corrected chi connectivity index (χ1v) is 11.7. The third kappa shape index (κ3) is 4.10. The van der Waals surface area contributed by atoms with Gasteiger partial charge in [0.05, 0.1) is 11.8 Å². The summed E-state index contributed by atoms with van der Waals surface area (Å²) in [6, 6.07) is 7.72. The van der Waals surface area contributed by atoms with Crippen LogP contribution in [0, 0.1) is 5.82 Å². The van der Waals surface area contributed by atoms with Crippen LogP contribution in [0.1, 0.15) is 28.8 Å². The van der Waals surface area contributed by atoms with Crippen LogP contribution in [0.3, 0.4) is 0 Å². The molecule has 0 radical (unpaired) electrons. The molecule has 2 aromatic heterocycles. The Balaban J connectivity index is 1.28. The molecule has 6 rings (SSSR count). The van der Waals surface area contributed by atoms with E-state index < -0.39 is 17.8 Å². The molecule has 1 aromatic carbocycles. The third-order valence-electron chi connectivity index (χ3n) is 6.43. The van der Waals surface area contributed by atoms with E-state index in [0.717, 1.165) is 18.7 Å². The van der Waals surface area contributed by atoms with E-state index in [2.05, 4.69) is 25.9 Å². The molecule has 0 atom stereocenters. The lowest BCUT2D eigenvalue weighted by Gasteiger charge is -2.35. The summed E-state index contributed by atoms with van der Waals surface area (Å²) in [7, 11) is 0. The summed E-state index contributed by atoms with van der Waals surface area (Å²) < 4.78 is 15.8. The van der Waals surface area contributed by atoms with Crippen LogP contribution < -0.4 is 20.9 Å². The molecule has 11 nitrogen and oxygen atoms in total. The normalized spacial score (nSPS) is 19.1. The first-order valence-electron chi connectivity index (χ1n) is 11.7. The van der Waals surface area contributed by atoms with Crippen molar-refractivity contribution in [1.29, 1.82) is 0 Å². The number of carbonyl (C=O) groups excluding carboxylic acids is 3. The molecule has 184 valence electrons. The minimum absolute atomic E-state index is 0.0707. The molecule has 4 heterocycles. The van der Waals surface area contributed by atoms with E-state index in [4.69, 9.17) is 4.98 Å². The van der Waals surface area contributed by atoms with E-state index in [-0.39, 0.29) is 17.2 Å². The molecule has 4 amide bonds. The third-order valence-corrected chi connectivity index (χ3v) is 6.43. The molecule has 0 spiro atoms. The van der Waals surface area contributed by atoms with Crippen molar-refractivity contribution in [3.8, 4) is 0 Å². The molecule has 2 saturated heterocycles. The minimum atomic E-state index is -0.574. The zero-order valence-corrected chi connectivity index (χ0v) is 19.2. The highest BCUT2D eigenvalue weighted by Crippen LogP contribution is 2.29. The van der Waals surface area contributed by atoms with Gasteiger partial charge in [0.1, 0.15) is 23.1 Å². The number of urea groups is 1. The van der Waals surface area contributed by atoms with E-state index in [1.807, 2.05) is 6.07 Å². The number of rotatable bonds is 5. The van der Waals surface area contributed by atoms with Crippen LogP contribution in [-0.4, -0.2) is 69.6 Å². The number of halogens is 1. The van der Waals surface area contributed by atoms with Crippen LogP contribution in [-0.2, 0) is 4.79 Å². The number of piperazine rings is 1. The van der Waals surface area contributed by atoms with E-state index in [1.54, 1.807) is 33.8 Å². The number of benzene rings is 1. The van der Waals surface area contributed by atoms with Crippen molar-refractivity contribution in [2.24, 2.45) is 0 Å². The number of fused-ring (bicyclic) bond motifs is 1. The number of nitrogens with zero attached hydrogens (tertiary/aromatic N) is 5. The molecule has 3 aliphatic rings. The lowest BCUT2D eigenvalue weighted by Crippen LogP contribution is -2.49. The second-order valence-electron chi connectivity index (χ2n) is 8.98. The molecule has 1 saturated carbocycles. The van der Waals surface area contributed by atoms with Crippen molar-refractivity contribution in [2.75, 3.05) is 36.4 Å². The SMILES string of the molecule is O=C1NC(=O)/C(=C/c2cnn3c(NC4CC4)cc(N4CCN(C(=O)c5ccccc5F)CC4)nc23)N1. The predicted molar refractivity (Wildman–Crippen MR) is 129 cm³/mol. The lowest BCUT2D eigenvalue weighted by atomic mass is 10.1. The Morgan fingerprint density at radius 3 is 2.58 bits per heavy atom. The Hall–Kier alpha value is -4.48. The van der Waals surface area contributed by atoms with Gasteiger partial charge in [0.15, 0.2) is 5.65 Å². The van der Waals surface area contributed by atoms with E-state index >= 15 is 0 Å². The highest BCUT2D eigenvalue weighted by atomic mass is 19.1. The second-order valence-corrected chi connectivity index (χ2v) is 8.98. The molecule has 3 aromatic rings. The zero-order chi connectivity index (χ0) is 24.8. The van der Waals surface area contributed by atoms with Crippen LogP contribution in [0.2, 0.25) is 0 Å². The van der Waals surface area contributed by atoms with Gasteiger partial charge in [0.25, 0.3) is 11.8 Å². The van der Waals surface area contributed by atoms with E-state index in [0.29, 0.717) is 49.2 Å². The molecule has 1 aliphatic carbocycles. The van der Waals surface area contributed by atoms with Crippen molar-refractivity contribution in [3.63, 3.8) is 0 Å².